The predicted octanol–water partition coefficient (Wildman–Crippen LogP) is 2.94. The molecule has 2 aromatic rings. The highest BCUT2D eigenvalue weighted by Gasteiger charge is 2.23. The van der Waals surface area contributed by atoms with Gasteiger partial charge in [0, 0.05) is 6.92 Å². The van der Waals surface area contributed by atoms with Gasteiger partial charge in [0.05, 0.1) is 6.04 Å². The van der Waals surface area contributed by atoms with Crippen molar-refractivity contribution in [3.63, 3.8) is 0 Å². The first-order valence-electron chi connectivity index (χ1n) is 7.52. The maximum Gasteiger partial charge on any atom is 0.406 e. The summed E-state index contributed by atoms with van der Waals surface area (Å²) < 4.78 is 5.44. The van der Waals surface area contributed by atoms with Crippen molar-refractivity contribution < 1.29 is 14.5 Å². The van der Waals surface area contributed by atoms with Crippen molar-refractivity contribution in [2.75, 3.05) is 0 Å². The number of pyridine rings is 1. The number of nitrogens with zero attached hydrogens (tertiary/aromatic N) is 2. The number of rotatable bonds is 6. The maximum absolute atomic E-state index is 12.3. The first-order valence-corrected chi connectivity index (χ1v) is 7.52. The standard InChI is InChI=1S/C17H19N3O4/c1-11-9-10-15(16(18-11)20(22)23)24-13(3)17(21)19-12(2)14-7-5-4-6-8-14/h4-10,12-13H,1-3H3,(H,19,21)/t12-,13+/m0/s1. The van der Waals surface area contributed by atoms with Crippen molar-refractivity contribution >= 4 is 11.7 Å². The van der Waals surface area contributed by atoms with Crippen LogP contribution in [0.2, 0.25) is 0 Å². The zero-order chi connectivity index (χ0) is 17.7. The monoisotopic (exact) mass is 329 g/mol. The highest BCUT2D eigenvalue weighted by atomic mass is 16.6. The number of aromatic nitrogens is 1. The average Bonchev–Trinajstić information content (AvgIpc) is 2.56. The molecule has 0 bridgehead atoms. The molecule has 0 radical (unpaired) electrons. The second-order valence-electron chi connectivity index (χ2n) is 5.43. The number of carbonyl (C=O) groups is 1. The van der Waals surface area contributed by atoms with Gasteiger partial charge in [-0.3, -0.25) is 4.79 Å². The fraction of sp³-hybridized carbons (Fsp3) is 0.294. The minimum atomic E-state index is -0.889. The summed E-state index contributed by atoms with van der Waals surface area (Å²) in [4.78, 5) is 26.5. The van der Waals surface area contributed by atoms with Crippen LogP contribution < -0.4 is 10.1 Å². The fourth-order valence-electron chi connectivity index (χ4n) is 2.15. The van der Waals surface area contributed by atoms with E-state index in [1.165, 1.54) is 13.0 Å². The molecule has 0 aliphatic rings. The Bertz CT molecular complexity index is 734. The van der Waals surface area contributed by atoms with Crippen LogP contribution in [-0.2, 0) is 4.79 Å². The minimum Gasteiger partial charge on any atom is -0.473 e. The highest BCUT2D eigenvalue weighted by Crippen LogP contribution is 2.25. The van der Waals surface area contributed by atoms with Gasteiger partial charge in [-0.15, -0.1) is 0 Å². The lowest BCUT2D eigenvalue weighted by atomic mass is 10.1. The van der Waals surface area contributed by atoms with E-state index >= 15 is 0 Å². The van der Waals surface area contributed by atoms with Gasteiger partial charge in [0.25, 0.3) is 5.91 Å². The van der Waals surface area contributed by atoms with Crippen LogP contribution in [0.3, 0.4) is 0 Å². The number of ether oxygens (including phenoxy) is 1. The largest absolute Gasteiger partial charge is 0.473 e. The Morgan fingerprint density at radius 1 is 1.21 bits per heavy atom. The van der Waals surface area contributed by atoms with Crippen molar-refractivity contribution in [1.82, 2.24) is 10.3 Å². The van der Waals surface area contributed by atoms with Crippen molar-refractivity contribution in [3.05, 3.63) is 63.8 Å². The first-order chi connectivity index (χ1) is 11.4. The van der Waals surface area contributed by atoms with Gasteiger partial charge < -0.3 is 20.2 Å². The van der Waals surface area contributed by atoms with Gasteiger partial charge in [0.1, 0.15) is 5.69 Å². The molecule has 1 heterocycles. The second-order valence-corrected chi connectivity index (χ2v) is 5.43. The third kappa shape index (κ3) is 4.28. The first kappa shape index (κ1) is 17.4. The summed E-state index contributed by atoms with van der Waals surface area (Å²) in [5.41, 5.74) is 1.46. The molecule has 2 atom stereocenters. The predicted molar refractivity (Wildman–Crippen MR) is 88.7 cm³/mol. The minimum absolute atomic E-state index is 0.0272. The molecule has 1 amide bonds. The van der Waals surface area contributed by atoms with Crippen LogP contribution in [0.25, 0.3) is 0 Å². The third-order valence-electron chi connectivity index (χ3n) is 3.48. The molecule has 2 rings (SSSR count). The van der Waals surface area contributed by atoms with Crippen molar-refractivity contribution in [3.8, 4) is 5.75 Å². The molecule has 1 N–H and O–H groups in total. The van der Waals surface area contributed by atoms with Gasteiger partial charge in [-0.2, -0.15) is 0 Å². The summed E-state index contributed by atoms with van der Waals surface area (Å²) in [6.45, 7) is 5.04. The second kappa shape index (κ2) is 7.54. The molecule has 126 valence electrons. The highest BCUT2D eigenvalue weighted by molar-refractivity contribution is 5.81. The van der Waals surface area contributed by atoms with E-state index in [2.05, 4.69) is 10.3 Å². The summed E-state index contributed by atoms with van der Waals surface area (Å²) >= 11 is 0. The molecule has 0 fully saturated rings. The summed E-state index contributed by atoms with van der Waals surface area (Å²) in [5.74, 6) is -0.785. The number of aryl methyl sites for hydroxylation is 1. The molecule has 0 aliphatic carbocycles. The number of nitrogens with one attached hydrogen (secondary N) is 1. The zero-order valence-corrected chi connectivity index (χ0v) is 13.7. The lowest BCUT2D eigenvalue weighted by Gasteiger charge is -2.18. The van der Waals surface area contributed by atoms with Crippen molar-refractivity contribution in [2.24, 2.45) is 0 Å². The van der Waals surface area contributed by atoms with Gasteiger partial charge in [-0.1, -0.05) is 30.3 Å². The number of amides is 1. The number of nitro groups is 1. The SMILES string of the molecule is Cc1ccc(O[C@H](C)C(=O)N[C@@H](C)c2ccccc2)c([N+](=O)[O-])n1. The average molecular weight is 329 g/mol. The third-order valence-corrected chi connectivity index (χ3v) is 3.48. The smallest absolute Gasteiger partial charge is 0.406 e. The maximum atomic E-state index is 12.3. The molecule has 1 aromatic carbocycles. The van der Waals surface area contributed by atoms with Crippen LogP contribution in [0.5, 0.6) is 5.75 Å². The van der Waals surface area contributed by atoms with E-state index in [1.54, 1.807) is 13.0 Å². The number of carbonyl (C=O) groups excluding carboxylic acids is 1. The van der Waals surface area contributed by atoms with Gasteiger partial charge >= 0.3 is 5.82 Å². The molecule has 7 heteroatoms. The molecule has 0 aliphatic heterocycles. The molecule has 24 heavy (non-hydrogen) atoms. The Hall–Kier alpha value is -2.96. The fourth-order valence-corrected chi connectivity index (χ4v) is 2.15. The summed E-state index contributed by atoms with van der Waals surface area (Å²) in [6, 6.07) is 12.3. The lowest BCUT2D eigenvalue weighted by molar-refractivity contribution is -0.390. The van der Waals surface area contributed by atoms with Crippen molar-refractivity contribution in [1.29, 1.82) is 0 Å². The molecule has 0 saturated heterocycles. The van der Waals surface area contributed by atoms with Crippen molar-refractivity contribution in [2.45, 2.75) is 32.9 Å². The van der Waals surface area contributed by atoms with Crippen LogP contribution in [0.15, 0.2) is 42.5 Å². The van der Waals surface area contributed by atoms with Crippen LogP contribution >= 0.6 is 0 Å². The Labute approximate surface area is 139 Å². The molecule has 0 saturated carbocycles. The molecule has 0 spiro atoms. The van der Waals surface area contributed by atoms with E-state index in [4.69, 9.17) is 4.74 Å². The van der Waals surface area contributed by atoms with Crippen LogP contribution in [-0.4, -0.2) is 21.9 Å². The van der Waals surface area contributed by atoms with Crippen LogP contribution in [0.1, 0.15) is 31.1 Å². The van der Waals surface area contributed by atoms with Gasteiger partial charge in [-0.05, 0) is 41.5 Å². The zero-order valence-electron chi connectivity index (χ0n) is 13.7. The summed E-state index contributed by atoms with van der Waals surface area (Å²) in [5, 5.41) is 13.9. The Morgan fingerprint density at radius 3 is 2.50 bits per heavy atom. The van der Waals surface area contributed by atoms with Crippen LogP contribution in [0.4, 0.5) is 5.82 Å². The normalized spacial score (nSPS) is 13.0. The van der Waals surface area contributed by atoms with E-state index in [1.807, 2.05) is 37.3 Å². The molecular weight excluding hydrogens is 310 g/mol. The molecule has 0 unspecified atom stereocenters. The number of hydrogen-bond acceptors (Lipinski definition) is 5. The van der Waals surface area contributed by atoms with E-state index in [0.717, 1.165) is 5.56 Å². The van der Waals surface area contributed by atoms with Gasteiger partial charge in [0.15, 0.2) is 6.10 Å². The van der Waals surface area contributed by atoms with Crippen LogP contribution in [0, 0.1) is 17.0 Å². The lowest BCUT2D eigenvalue weighted by Crippen LogP contribution is -2.37. The van der Waals surface area contributed by atoms with E-state index in [9.17, 15) is 14.9 Å². The quantitative estimate of drug-likeness (QED) is 0.649. The summed E-state index contributed by atoms with van der Waals surface area (Å²) in [6.07, 6.45) is -0.889. The molecule has 7 nitrogen and oxygen atoms in total. The Kier molecular flexibility index (Phi) is 5.47. The van der Waals surface area contributed by atoms with E-state index in [-0.39, 0.29) is 17.7 Å². The Balaban J connectivity index is 2.06. The number of benzene rings is 1. The summed E-state index contributed by atoms with van der Waals surface area (Å²) in [7, 11) is 0. The van der Waals surface area contributed by atoms with Gasteiger partial charge in [-0.25, -0.2) is 0 Å². The van der Waals surface area contributed by atoms with E-state index < -0.39 is 16.8 Å². The molecular formula is C17H19N3O4. The topological polar surface area (TPSA) is 94.4 Å². The number of hydrogen-bond donors (Lipinski definition) is 1. The molecule has 1 aromatic heterocycles. The Morgan fingerprint density at radius 2 is 1.88 bits per heavy atom. The van der Waals surface area contributed by atoms with Gasteiger partial charge in [0.2, 0.25) is 5.75 Å². The van der Waals surface area contributed by atoms with E-state index in [0.29, 0.717) is 5.69 Å².